The van der Waals surface area contributed by atoms with Gasteiger partial charge in [0, 0.05) is 17.1 Å². The Hall–Kier alpha value is 1.82. The Labute approximate surface area is 81.1 Å². The fraction of sp³-hybridized carbons (Fsp3) is 0. The van der Waals surface area contributed by atoms with Gasteiger partial charge in [0.25, 0.3) is 0 Å². The SMILES string of the molecule is P.P.[CH3-].[CH3-].[Cu+].[Cu].[NH2-].[NH2-]. The summed E-state index contributed by atoms with van der Waals surface area (Å²) in [7, 11) is 0. The number of nitrogens with two attached hydrogens (primary N) is 2. The van der Waals surface area contributed by atoms with Crippen LogP contribution in [0.4, 0.5) is 0 Å². The molecule has 0 aliphatic carbocycles. The maximum absolute atomic E-state index is 0. The summed E-state index contributed by atoms with van der Waals surface area (Å²) >= 11 is 0. The molecule has 0 aliphatic rings. The fourth-order valence-corrected chi connectivity index (χ4v) is 0. The first-order chi connectivity index (χ1) is 0. The van der Waals surface area contributed by atoms with Gasteiger partial charge >= 0.3 is 17.1 Å². The molecule has 4 N–H and O–H groups in total. The number of rotatable bonds is 0. The second-order valence-electron chi connectivity index (χ2n) is 0. The Morgan fingerprint density at radius 1 is 0.625 bits per heavy atom. The van der Waals surface area contributed by atoms with Crippen LogP contribution in [0.2, 0.25) is 0 Å². The van der Waals surface area contributed by atoms with Gasteiger partial charge in [-0.15, -0.1) is 0 Å². The predicted octanol–water partition coefficient (Wildman–Crippen LogP) is 2.45. The monoisotopic (exact) mass is 256 g/mol. The largest absolute Gasteiger partial charge is 1.00 e. The van der Waals surface area contributed by atoms with Crippen molar-refractivity contribution >= 4 is 19.8 Å². The Balaban J connectivity index is 0. The van der Waals surface area contributed by atoms with Gasteiger partial charge in [0.2, 0.25) is 0 Å². The summed E-state index contributed by atoms with van der Waals surface area (Å²) < 4.78 is 0. The zero-order chi connectivity index (χ0) is 0. The minimum Gasteiger partial charge on any atom is -0.693 e. The van der Waals surface area contributed by atoms with Gasteiger partial charge < -0.3 is 27.2 Å². The second-order valence-corrected chi connectivity index (χ2v) is 0. The summed E-state index contributed by atoms with van der Waals surface area (Å²) in [6.45, 7) is 0. The van der Waals surface area contributed by atoms with Crippen molar-refractivity contribution in [3.8, 4) is 0 Å². The second kappa shape index (κ2) is 163. The molecule has 0 aromatic heterocycles. The minimum atomic E-state index is 0. The van der Waals surface area contributed by atoms with Gasteiger partial charge in [0.15, 0.2) is 0 Å². The Bertz CT molecular complexity index is 16.0. The van der Waals surface area contributed by atoms with Crippen molar-refractivity contribution in [2.45, 2.75) is 0 Å². The molecule has 0 rings (SSSR count). The van der Waals surface area contributed by atoms with Crippen LogP contribution in [-0.2, 0) is 34.1 Å². The van der Waals surface area contributed by atoms with Crippen LogP contribution in [0.3, 0.4) is 0 Å². The van der Waals surface area contributed by atoms with Crippen LogP contribution in [0.1, 0.15) is 0 Å². The van der Waals surface area contributed by atoms with Crippen molar-refractivity contribution in [3.63, 3.8) is 0 Å². The van der Waals surface area contributed by atoms with Gasteiger partial charge in [-0.1, -0.05) is 0 Å². The van der Waals surface area contributed by atoms with E-state index >= 15 is 0 Å². The van der Waals surface area contributed by atoms with Crippen LogP contribution in [0, 0.1) is 14.9 Å². The molecule has 6 heteroatoms. The predicted molar refractivity (Wildman–Crippen MR) is 45.6 cm³/mol. The van der Waals surface area contributed by atoms with Crippen LogP contribution < -0.4 is 0 Å². The molecule has 0 saturated carbocycles. The molecule has 0 bridgehead atoms. The van der Waals surface area contributed by atoms with E-state index in [1.807, 2.05) is 0 Å². The average Bonchev–Trinajstić information content (AvgIpc) is 0. The normalized spacial score (nSPS) is 0. The van der Waals surface area contributed by atoms with E-state index in [0.717, 1.165) is 0 Å². The van der Waals surface area contributed by atoms with E-state index < -0.39 is 0 Å². The van der Waals surface area contributed by atoms with Crippen molar-refractivity contribution in [3.05, 3.63) is 27.2 Å². The van der Waals surface area contributed by atoms with Gasteiger partial charge in [-0.25, -0.2) is 0 Å². The molecule has 0 aliphatic heterocycles. The van der Waals surface area contributed by atoms with Crippen LogP contribution in [-0.4, -0.2) is 0 Å². The summed E-state index contributed by atoms with van der Waals surface area (Å²) in [6, 6.07) is 0. The molecule has 0 heterocycles. The first-order valence-corrected chi connectivity index (χ1v) is 0. The van der Waals surface area contributed by atoms with Crippen molar-refractivity contribution in [2.24, 2.45) is 0 Å². The number of hydrogen-bond donors (Lipinski definition) is 0. The zero-order valence-corrected chi connectivity index (χ0v) is 9.88. The van der Waals surface area contributed by atoms with E-state index in [4.69, 9.17) is 0 Å². The molecule has 1 radical (unpaired) electrons. The molecule has 0 aromatic rings. The summed E-state index contributed by atoms with van der Waals surface area (Å²) in [5.41, 5.74) is 0. The minimum absolute atomic E-state index is 0. The summed E-state index contributed by atoms with van der Waals surface area (Å²) in [4.78, 5) is 0. The third-order valence-corrected chi connectivity index (χ3v) is 0. The molecule has 2 unspecified atom stereocenters. The Kier molecular flexibility index (Phi) is 4700. The van der Waals surface area contributed by atoms with E-state index in [-0.39, 0.29) is 81.1 Å². The van der Waals surface area contributed by atoms with Gasteiger partial charge in [0.1, 0.15) is 0 Å². The van der Waals surface area contributed by atoms with Gasteiger partial charge in [0.05, 0.1) is 0 Å². The molecular formula is C2H16Cu2N2P2-3. The van der Waals surface area contributed by atoms with Crippen LogP contribution in [0.25, 0.3) is 12.3 Å². The van der Waals surface area contributed by atoms with E-state index in [1.165, 1.54) is 0 Å². The molecule has 0 amide bonds. The molecule has 0 aromatic carbocycles. The third kappa shape index (κ3) is 110. The molecule has 2 atom stereocenters. The standard InChI is InChI=1S/2CH3.2Cu.2H2N.2H3P/h2*1H3;;;2*1H2;2*1H3/q2*-1;;+1;2*-1;;. The smallest absolute Gasteiger partial charge is 0.693 e. The molecule has 0 saturated heterocycles. The summed E-state index contributed by atoms with van der Waals surface area (Å²) in [6.07, 6.45) is 0. The van der Waals surface area contributed by atoms with Crippen LogP contribution >= 0.6 is 19.8 Å². The van der Waals surface area contributed by atoms with Crippen molar-refractivity contribution in [1.82, 2.24) is 0 Å². The number of hydrogen-bond acceptors (Lipinski definition) is 0. The van der Waals surface area contributed by atoms with Crippen molar-refractivity contribution in [1.29, 1.82) is 0 Å². The fourth-order valence-electron chi connectivity index (χ4n) is 0. The molecule has 69 valence electrons. The van der Waals surface area contributed by atoms with E-state index in [0.29, 0.717) is 0 Å². The molecule has 0 spiro atoms. The van der Waals surface area contributed by atoms with Crippen molar-refractivity contribution in [2.75, 3.05) is 0 Å². The first kappa shape index (κ1) is 231. The maximum Gasteiger partial charge on any atom is 1.00 e. The summed E-state index contributed by atoms with van der Waals surface area (Å²) in [5.74, 6) is 0. The molecule has 2 nitrogen and oxygen atoms in total. The third-order valence-electron chi connectivity index (χ3n) is 0. The van der Waals surface area contributed by atoms with E-state index in [9.17, 15) is 0 Å². The van der Waals surface area contributed by atoms with Crippen LogP contribution in [0.5, 0.6) is 0 Å². The van der Waals surface area contributed by atoms with Crippen molar-refractivity contribution < 1.29 is 34.1 Å². The average molecular weight is 257 g/mol. The molecular weight excluding hydrogens is 241 g/mol. The molecule has 8 heavy (non-hydrogen) atoms. The zero-order valence-electron chi connectivity index (χ0n) is 5.17. The van der Waals surface area contributed by atoms with Gasteiger partial charge in [-0.2, -0.15) is 19.8 Å². The quantitative estimate of drug-likeness (QED) is 0.363. The molecule has 0 fully saturated rings. The Morgan fingerprint density at radius 3 is 0.625 bits per heavy atom. The topological polar surface area (TPSA) is 67.0 Å². The van der Waals surface area contributed by atoms with E-state index in [2.05, 4.69) is 0 Å². The van der Waals surface area contributed by atoms with Gasteiger partial charge in [-0.05, 0) is 0 Å². The maximum atomic E-state index is 0. The first-order valence-electron chi connectivity index (χ1n) is 0. The Morgan fingerprint density at radius 2 is 0.625 bits per heavy atom. The van der Waals surface area contributed by atoms with E-state index in [1.54, 1.807) is 0 Å². The summed E-state index contributed by atoms with van der Waals surface area (Å²) in [5, 5.41) is 0. The van der Waals surface area contributed by atoms with Crippen LogP contribution in [0.15, 0.2) is 0 Å². The van der Waals surface area contributed by atoms with Gasteiger partial charge in [-0.3, -0.25) is 0 Å².